The van der Waals surface area contributed by atoms with Gasteiger partial charge in [-0.2, -0.15) is 0 Å². The van der Waals surface area contributed by atoms with Crippen molar-refractivity contribution in [3.63, 3.8) is 0 Å². The highest BCUT2D eigenvalue weighted by Gasteiger charge is 2.10. The summed E-state index contributed by atoms with van der Waals surface area (Å²) in [6.45, 7) is -0.164. The summed E-state index contributed by atoms with van der Waals surface area (Å²) in [4.78, 5) is 10.7. The second-order valence-electron chi connectivity index (χ2n) is 4.03. The van der Waals surface area contributed by atoms with Crippen LogP contribution in [0.5, 0.6) is 11.5 Å². The second-order valence-corrected chi connectivity index (χ2v) is 4.03. The van der Waals surface area contributed by atoms with Crippen molar-refractivity contribution in [1.29, 1.82) is 0 Å². The molecule has 0 spiro atoms. The zero-order chi connectivity index (χ0) is 14.5. The molecule has 3 nitrogen and oxygen atoms in total. The van der Waals surface area contributed by atoms with Gasteiger partial charge in [-0.15, -0.1) is 0 Å². The molecule has 104 valence electrons. The molecule has 20 heavy (non-hydrogen) atoms. The van der Waals surface area contributed by atoms with E-state index in [4.69, 9.17) is 9.47 Å². The lowest BCUT2D eigenvalue weighted by Crippen LogP contribution is -2.02. The minimum absolute atomic E-state index is 0.0866. The topological polar surface area (TPSA) is 35.5 Å². The highest BCUT2D eigenvalue weighted by atomic mass is 19.2. The fraction of sp³-hybridized carbons (Fsp3) is 0.133. The Kier molecular flexibility index (Phi) is 4.30. The molecule has 0 aliphatic carbocycles. The number of carbonyl (C=O) groups is 1. The minimum Gasteiger partial charge on any atom is -0.493 e. The SMILES string of the molecule is COc1ccc(C=O)cc1OCc1cccc(F)c1F. The first-order valence-electron chi connectivity index (χ1n) is 5.84. The van der Waals surface area contributed by atoms with E-state index in [0.29, 0.717) is 23.3 Å². The fourth-order valence-electron chi connectivity index (χ4n) is 1.69. The molecule has 0 fully saturated rings. The van der Waals surface area contributed by atoms with E-state index in [0.717, 1.165) is 6.07 Å². The number of hydrogen-bond donors (Lipinski definition) is 0. The molecule has 0 heterocycles. The number of rotatable bonds is 5. The molecule has 0 N–H and O–H groups in total. The molecule has 0 saturated heterocycles. The van der Waals surface area contributed by atoms with Crippen molar-refractivity contribution in [2.24, 2.45) is 0 Å². The summed E-state index contributed by atoms with van der Waals surface area (Å²) < 4.78 is 37.0. The highest BCUT2D eigenvalue weighted by molar-refractivity contribution is 5.76. The molecule has 0 aliphatic rings. The molecule has 2 rings (SSSR count). The highest BCUT2D eigenvalue weighted by Crippen LogP contribution is 2.28. The van der Waals surface area contributed by atoms with Gasteiger partial charge in [0.15, 0.2) is 23.1 Å². The Hall–Kier alpha value is -2.43. The van der Waals surface area contributed by atoms with E-state index in [1.54, 1.807) is 12.1 Å². The van der Waals surface area contributed by atoms with Crippen LogP contribution in [0.3, 0.4) is 0 Å². The van der Waals surface area contributed by atoms with Gasteiger partial charge in [-0.05, 0) is 24.3 Å². The number of aldehydes is 1. The predicted octanol–water partition coefficient (Wildman–Crippen LogP) is 3.36. The molecular weight excluding hydrogens is 266 g/mol. The van der Waals surface area contributed by atoms with Crippen LogP contribution < -0.4 is 9.47 Å². The Morgan fingerprint density at radius 1 is 1.15 bits per heavy atom. The average Bonchev–Trinajstić information content (AvgIpc) is 2.48. The zero-order valence-electron chi connectivity index (χ0n) is 10.7. The van der Waals surface area contributed by atoms with Gasteiger partial charge in [-0.25, -0.2) is 8.78 Å². The van der Waals surface area contributed by atoms with Gasteiger partial charge >= 0.3 is 0 Å². The number of benzene rings is 2. The van der Waals surface area contributed by atoms with Crippen LogP contribution in [0, 0.1) is 11.6 Å². The molecular formula is C15H12F2O3. The molecule has 2 aromatic carbocycles. The largest absolute Gasteiger partial charge is 0.493 e. The lowest BCUT2D eigenvalue weighted by molar-refractivity contribution is 0.112. The van der Waals surface area contributed by atoms with Crippen molar-refractivity contribution in [3.8, 4) is 11.5 Å². The van der Waals surface area contributed by atoms with Crippen molar-refractivity contribution < 1.29 is 23.0 Å². The Morgan fingerprint density at radius 2 is 1.95 bits per heavy atom. The van der Waals surface area contributed by atoms with Gasteiger partial charge < -0.3 is 9.47 Å². The third-order valence-electron chi connectivity index (χ3n) is 2.74. The normalized spacial score (nSPS) is 10.2. The molecule has 0 unspecified atom stereocenters. The Balaban J connectivity index is 2.21. The lowest BCUT2D eigenvalue weighted by Gasteiger charge is -2.11. The van der Waals surface area contributed by atoms with Gasteiger partial charge in [0.05, 0.1) is 7.11 Å². The summed E-state index contributed by atoms with van der Waals surface area (Å²) in [5, 5.41) is 0. The van der Waals surface area contributed by atoms with Crippen molar-refractivity contribution in [2.75, 3.05) is 7.11 Å². The molecule has 5 heteroatoms. The summed E-state index contributed by atoms with van der Waals surface area (Å²) in [6.07, 6.45) is 0.662. The predicted molar refractivity (Wildman–Crippen MR) is 69.1 cm³/mol. The van der Waals surface area contributed by atoms with E-state index >= 15 is 0 Å². The average molecular weight is 278 g/mol. The van der Waals surface area contributed by atoms with E-state index in [1.165, 1.54) is 25.3 Å². The van der Waals surface area contributed by atoms with E-state index in [-0.39, 0.29) is 12.2 Å². The van der Waals surface area contributed by atoms with Crippen LogP contribution in [-0.2, 0) is 6.61 Å². The van der Waals surface area contributed by atoms with Gasteiger partial charge in [-0.1, -0.05) is 12.1 Å². The van der Waals surface area contributed by atoms with Crippen molar-refractivity contribution in [3.05, 3.63) is 59.2 Å². The van der Waals surface area contributed by atoms with Crippen LogP contribution in [0.2, 0.25) is 0 Å². The van der Waals surface area contributed by atoms with Gasteiger partial charge in [0.1, 0.15) is 12.9 Å². The van der Waals surface area contributed by atoms with Gasteiger partial charge in [-0.3, -0.25) is 4.79 Å². The van der Waals surface area contributed by atoms with Crippen molar-refractivity contribution in [2.45, 2.75) is 6.61 Å². The summed E-state index contributed by atoms with van der Waals surface area (Å²) in [5.41, 5.74) is 0.490. The number of methoxy groups -OCH3 is 1. The maximum atomic E-state index is 13.5. The van der Waals surface area contributed by atoms with E-state index < -0.39 is 11.6 Å². The first-order chi connectivity index (χ1) is 9.65. The van der Waals surface area contributed by atoms with Crippen LogP contribution in [0.25, 0.3) is 0 Å². The molecule has 2 aromatic rings. The van der Waals surface area contributed by atoms with Gasteiger partial charge in [0, 0.05) is 11.1 Å². The lowest BCUT2D eigenvalue weighted by atomic mass is 10.2. The molecule has 0 radical (unpaired) electrons. The Labute approximate surface area is 114 Å². The summed E-state index contributed by atoms with van der Waals surface area (Å²) in [5.74, 6) is -1.18. The molecule has 0 atom stereocenters. The maximum Gasteiger partial charge on any atom is 0.165 e. The molecule has 0 saturated carbocycles. The van der Waals surface area contributed by atoms with Gasteiger partial charge in [0.25, 0.3) is 0 Å². The van der Waals surface area contributed by atoms with E-state index in [1.807, 2.05) is 0 Å². The standard InChI is InChI=1S/C15H12F2O3/c1-19-13-6-5-10(8-18)7-14(13)20-9-11-3-2-4-12(16)15(11)17/h2-8H,9H2,1H3. The van der Waals surface area contributed by atoms with Crippen LogP contribution in [0.4, 0.5) is 8.78 Å². The summed E-state index contributed by atoms with van der Waals surface area (Å²) in [6, 6.07) is 8.47. The van der Waals surface area contributed by atoms with Crippen molar-refractivity contribution in [1.82, 2.24) is 0 Å². The first-order valence-corrected chi connectivity index (χ1v) is 5.84. The fourth-order valence-corrected chi connectivity index (χ4v) is 1.69. The first kappa shape index (κ1) is 14.0. The van der Waals surface area contributed by atoms with Crippen molar-refractivity contribution >= 4 is 6.29 Å². The molecule has 0 aliphatic heterocycles. The number of hydrogen-bond acceptors (Lipinski definition) is 3. The summed E-state index contributed by atoms with van der Waals surface area (Å²) in [7, 11) is 1.45. The third-order valence-corrected chi connectivity index (χ3v) is 2.74. The zero-order valence-corrected chi connectivity index (χ0v) is 10.7. The smallest absolute Gasteiger partial charge is 0.165 e. The van der Waals surface area contributed by atoms with E-state index in [9.17, 15) is 13.6 Å². The molecule has 0 aromatic heterocycles. The molecule has 0 bridgehead atoms. The van der Waals surface area contributed by atoms with Crippen LogP contribution in [-0.4, -0.2) is 13.4 Å². The second kappa shape index (κ2) is 6.14. The van der Waals surface area contributed by atoms with Crippen LogP contribution in [0.15, 0.2) is 36.4 Å². The quantitative estimate of drug-likeness (QED) is 0.787. The monoisotopic (exact) mass is 278 g/mol. The number of ether oxygens (including phenoxy) is 2. The van der Waals surface area contributed by atoms with Crippen LogP contribution in [0.1, 0.15) is 15.9 Å². The number of carbonyl (C=O) groups excluding carboxylic acids is 1. The van der Waals surface area contributed by atoms with E-state index in [2.05, 4.69) is 0 Å². The third kappa shape index (κ3) is 2.93. The minimum atomic E-state index is -0.946. The Morgan fingerprint density at radius 3 is 2.65 bits per heavy atom. The maximum absolute atomic E-state index is 13.5. The summed E-state index contributed by atoms with van der Waals surface area (Å²) >= 11 is 0. The number of halogens is 2. The molecule has 0 amide bonds. The van der Waals surface area contributed by atoms with Crippen LogP contribution >= 0.6 is 0 Å². The van der Waals surface area contributed by atoms with Gasteiger partial charge in [0.2, 0.25) is 0 Å². The Bertz CT molecular complexity index is 627.